The predicted molar refractivity (Wildman–Crippen MR) is 121 cm³/mol. The molecule has 0 aliphatic carbocycles. The van der Waals surface area contributed by atoms with Crippen molar-refractivity contribution in [2.45, 2.75) is 25.4 Å². The molecular weight excluding hydrogens is 419 g/mol. The third-order valence-electron chi connectivity index (χ3n) is 4.76. The molecule has 2 N–H and O–H groups in total. The van der Waals surface area contributed by atoms with Crippen molar-refractivity contribution in [1.29, 1.82) is 0 Å². The first-order chi connectivity index (χ1) is 14.5. The van der Waals surface area contributed by atoms with Crippen LogP contribution in [0, 0.1) is 0 Å². The minimum Gasteiger partial charge on any atom is -0.349 e. The lowest BCUT2D eigenvalue weighted by atomic mass is 10.0. The Bertz CT molecular complexity index is 1020. The van der Waals surface area contributed by atoms with Crippen LogP contribution < -0.4 is 10.6 Å². The lowest BCUT2D eigenvalue weighted by Crippen LogP contribution is -2.34. The second-order valence-corrected chi connectivity index (χ2v) is 7.75. The zero-order valence-corrected chi connectivity index (χ0v) is 18.0. The average molecular weight is 441 g/mol. The second-order valence-electron chi connectivity index (χ2n) is 6.93. The Morgan fingerprint density at radius 3 is 2.07 bits per heavy atom. The summed E-state index contributed by atoms with van der Waals surface area (Å²) in [5.74, 6) is -0.530. The van der Waals surface area contributed by atoms with Crippen LogP contribution in [0.15, 0.2) is 78.9 Å². The van der Waals surface area contributed by atoms with Gasteiger partial charge in [0.05, 0.1) is 29.1 Å². The number of nitrogens with one attached hydrogen (secondary N) is 2. The normalized spacial score (nSPS) is 12.6. The summed E-state index contributed by atoms with van der Waals surface area (Å²) in [6, 6.07) is 22.8. The third kappa shape index (κ3) is 5.62. The van der Waals surface area contributed by atoms with Crippen molar-refractivity contribution in [3.05, 3.63) is 106 Å². The molecule has 3 aromatic carbocycles. The SMILES string of the molecule is CC(NC(=O)CC(NC(=O)c1ccccc1Cl)c1ccccc1)c1ccccc1Cl. The van der Waals surface area contributed by atoms with Gasteiger partial charge in [-0.25, -0.2) is 0 Å². The molecule has 0 saturated carbocycles. The molecule has 0 spiro atoms. The number of carbonyl (C=O) groups excluding carboxylic acids is 2. The van der Waals surface area contributed by atoms with Crippen molar-refractivity contribution in [3.63, 3.8) is 0 Å². The van der Waals surface area contributed by atoms with Gasteiger partial charge in [-0.1, -0.05) is 83.9 Å². The molecule has 0 radical (unpaired) electrons. The van der Waals surface area contributed by atoms with Gasteiger partial charge in [0.25, 0.3) is 5.91 Å². The zero-order valence-electron chi connectivity index (χ0n) is 16.4. The van der Waals surface area contributed by atoms with Crippen molar-refractivity contribution in [2.24, 2.45) is 0 Å². The molecule has 0 aliphatic rings. The molecule has 4 nitrogen and oxygen atoms in total. The van der Waals surface area contributed by atoms with Gasteiger partial charge in [-0.15, -0.1) is 0 Å². The van der Waals surface area contributed by atoms with Crippen LogP contribution in [0.25, 0.3) is 0 Å². The van der Waals surface area contributed by atoms with Crippen LogP contribution in [0.2, 0.25) is 10.0 Å². The van der Waals surface area contributed by atoms with Crippen LogP contribution in [-0.2, 0) is 4.79 Å². The van der Waals surface area contributed by atoms with Crippen molar-refractivity contribution in [2.75, 3.05) is 0 Å². The molecule has 0 bridgehead atoms. The van der Waals surface area contributed by atoms with Gasteiger partial charge < -0.3 is 10.6 Å². The summed E-state index contributed by atoms with van der Waals surface area (Å²) >= 11 is 12.4. The van der Waals surface area contributed by atoms with Gasteiger partial charge in [0, 0.05) is 5.02 Å². The Kier molecular flexibility index (Phi) is 7.50. The fourth-order valence-corrected chi connectivity index (χ4v) is 3.73. The van der Waals surface area contributed by atoms with Crippen molar-refractivity contribution < 1.29 is 9.59 Å². The summed E-state index contributed by atoms with van der Waals surface area (Å²) in [7, 11) is 0. The van der Waals surface area contributed by atoms with Crippen LogP contribution in [0.3, 0.4) is 0 Å². The summed E-state index contributed by atoms with van der Waals surface area (Å²) < 4.78 is 0. The van der Waals surface area contributed by atoms with E-state index in [2.05, 4.69) is 10.6 Å². The number of benzene rings is 3. The fraction of sp³-hybridized carbons (Fsp3) is 0.167. The molecule has 0 fully saturated rings. The Morgan fingerprint density at radius 2 is 1.40 bits per heavy atom. The van der Waals surface area contributed by atoms with E-state index >= 15 is 0 Å². The molecule has 0 heterocycles. The number of rotatable bonds is 7. The molecule has 0 saturated heterocycles. The Balaban J connectivity index is 1.75. The van der Waals surface area contributed by atoms with E-state index in [9.17, 15) is 9.59 Å². The van der Waals surface area contributed by atoms with E-state index in [1.165, 1.54) is 0 Å². The molecule has 2 unspecified atom stereocenters. The quantitative estimate of drug-likeness (QED) is 0.492. The lowest BCUT2D eigenvalue weighted by molar-refractivity contribution is -0.122. The van der Waals surface area contributed by atoms with Crippen molar-refractivity contribution in [1.82, 2.24) is 10.6 Å². The minimum atomic E-state index is -0.506. The highest BCUT2D eigenvalue weighted by Crippen LogP contribution is 2.24. The Labute approximate surface area is 186 Å². The fourth-order valence-electron chi connectivity index (χ4n) is 3.21. The number of hydrogen-bond acceptors (Lipinski definition) is 2. The van der Waals surface area contributed by atoms with Gasteiger partial charge in [0.15, 0.2) is 0 Å². The smallest absolute Gasteiger partial charge is 0.253 e. The van der Waals surface area contributed by atoms with Crippen molar-refractivity contribution >= 4 is 35.0 Å². The van der Waals surface area contributed by atoms with Gasteiger partial charge in [-0.2, -0.15) is 0 Å². The maximum Gasteiger partial charge on any atom is 0.253 e. The summed E-state index contributed by atoms with van der Waals surface area (Å²) in [5, 5.41) is 6.85. The molecule has 3 rings (SSSR count). The molecule has 0 aliphatic heterocycles. The molecule has 0 aromatic heterocycles. The van der Waals surface area contributed by atoms with E-state index in [0.717, 1.165) is 11.1 Å². The van der Waals surface area contributed by atoms with E-state index < -0.39 is 6.04 Å². The topological polar surface area (TPSA) is 58.2 Å². The van der Waals surface area contributed by atoms with Crippen LogP contribution in [0.5, 0.6) is 0 Å². The Hall–Kier alpha value is -2.82. The van der Waals surface area contributed by atoms with Crippen LogP contribution in [-0.4, -0.2) is 11.8 Å². The van der Waals surface area contributed by atoms with Crippen LogP contribution >= 0.6 is 23.2 Å². The first kappa shape index (κ1) is 21.9. The standard InChI is InChI=1S/C24H22Cl2N2O2/c1-16(18-11-5-7-13-20(18)25)27-23(29)15-22(17-9-3-2-4-10-17)28-24(30)19-12-6-8-14-21(19)26/h2-14,16,22H,15H2,1H3,(H,27,29)(H,28,30). The summed E-state index contributed by atoms with van der Waals surface area (Å²) in [5.41, 5.74) is 2.03. The molecule has 30 heavy (non-hydrogen) atoms. The first-order valence-corrected chi connectivity index (χ1v) is 10.4. The molecule has 3 aromatic rings. The number of carbonyl (C=O) groups is 2. The van der Waals surface area contributed by atoms with E-state index in [-0.39, 0.29) is 24.3 Å². The maximum atomic E-state index is 12.8. The third-order valence-corrected chi connectivity index (χ3v) is 5.44. The van der Waals surface area contributed by atoms with E-state index in [0.29, 0.717) is 15.6 Å². The van der Waals surface area contributed by atoms with Crippen LogP contribution in [0.4, 0.5) is 0 Å². The molecule has 2 atom stereocenters. The largest absolute Gasteiger partial charge is 0.349 e. The lowest BCUT2D eigenvalue weighted by Gasteiger charge is -2.21. The van der Waals surface area contributed by atoms with Gasteiger partial charge in [0.2, 0.25) is 5.91 Å². The Morgan fingerprint density at radius 1 is 0.800 bits per heavy atom. The highest BCUT2D eigenvalue weighted by atomic mass is 35.5. The monoisotopic (exact) mass is 440 g/mol. The summed E-state index contributed by atoms with van der Waals surface area (Å²) in [6.07, 6.45) is 0.0784. The minimum absolute atomic E-state index is 0.0784. The predicted octanol–water partition coefficient (Wildman–Crippen LogP) is 5.73. The van der Waals surface area contributed by atoms with Crippen LogP contribution in [0.1, 0.15) is 46.9 Å². The maximum absolute atomic E-state index is 12.8. The molecule has 2 amide bonds. The number of hydrogen-bond donors (Lipinski definition) is 2. The van der Waals surface area contributed by atoms with E-state index in [4.69, 9.17) is 23.2 Å². The highest BCUT2D eigenvalue weighted by Gasteiger charge is 2.21. The number of amides is 2. The zero-order chi connectivity index (χ0) is 21.5. The highest BCUT2D eigenvalue weighted by molar-refractivity contribution is 6.33. The molecule has 6 heteroatoms. The number of halogens is 2. The summed E-state index contributed by atoms with van der Waals surface area (Å²) in [4.78, 5) is 25.5. The first-order valence-electron chi connectivity index (χ1n) is 9.60. The molecule has 154 valence electrons. The average Bonchev–Trinajstić information content (AvgIpc) is 2.74. The molecular formula is C24H22Cl2N2O2. The second kappa shape index (κ2) is 10.3. The van der Waals surface area contributed by atoms with Gasteiger partial charge in [0.1, 0.15) is 0 Å². The van der Waals surface area contributed by atoms with Gasteiger partial charge >= 0.3 is 0 Å². The van der Waals surface area contributed by atoms with Gasteiger partial charge in [-0.3, -0.25) is 9.59 Å². The van der Waals surface area contributed by atoms with Crippen molar-refractivity contribution in [3.8, 4) is 0 Å². The van der Waals surface area contributed by atoms with E-state index in [1.54, 1.807) is 30.3 Å². The van der Waals surface area contributed by atoms with E-state index in [1.807, 2.05) is 55.5 Å². The van der Waals surface area contributed by atoms with Gasteiger partial charge in [-0.05, 0) is 36.2 Å². The summed E-state index contributed by atoms with van der Waals surface area (Å²) in [6.45, 7) is 1.87.